The van der Waals surface area contributed by atoms with Crippen molar-refractivity contribution in [3.05, 3.63) is 29.3 Å². The Morgan fingerprint density at radius 3 is 2.24 bits per heavy atom. The van der Waals surface area contributed by atoms with Crippen LogP contribution >= 0.6 is 0 Å². The van der Waals surface area contributed by atoms with Crippen molar-refractivity contribution in [2.45, 2.75) is 44.6 Å². The predicted molar refractivity (Wildman–Crippen MR) is 98.2 cm³/mol. The Balaban J connectivity index is 0.000000477. The van der Waals surface area contributed by atoms with Crippen molar-refractivity contribution in [1.29, 1.82) is 0 Å². The summed E-state index contributed by atoms with van der Waals surface area (Å²) in [6.07, 6.45) is 1.38. The van der Waals surface area contributed by atoms with Gasteiger partial charge in [0.2, 0.25) is 0 Å². The third-order valence-corrected chi connectivity index (χ3v) is 4.33. The van der Waals surface area contributed by atoms with Gasteiger partial charge in [-0.3, -0.25) is 9.35 Å². The van der Waals surface area contributed by atoms with E-state index in [0.29, 0.717) is 19.6 Å². The summed E-state index contributed by atoms with van der Waals surface area (Å²) in [5, 5.41) is 0. The van der Waals surface area contributed by atoms with Crippen molar-refractivity contribution in [3.63, 3.8) is 0 Å². The van der Waals surface area contributed by atoms with E-state index in [0.717, 1.165) is 17.5 Å². The highest BCUT2D eigenvalue weighted by Gasteiger charge is 2.16. The molecule has 0 saturated carbocycles. The van der Waals surface area contributed by atoms with Crippen LogP contribution in [-0.2, 0) is 32.5 Å². The lowest BCUT2D eigenvalue weighted by molar-refractivity contribution is -0.145. The maximum atomic E-state index is 11.0. The van der Waals surface area contributed by atoms with Crippen LogP contribution in [0.3, 0.4) is 0 Å². The number of likely N-dealkylation sites (N-methyl/N-ethyl adjacent to an activating group) is 1. The van der Waals surface area contributed by atoms with E-state index in [9.17, 15) is 13.2 Å². The molecule has 1 atom stereocenters. The molecule has 1 aromatic carbocycles. The molecule has 0 saturated heterocycles. The fourth-order valence-corrected chi connectivity index (χ4v) is 3.14. The predicted octanol–water partition coefficient (Wildman–Crippen LogP) is 1.50. The quantitative estimate of drug-likeness (QED) is 0.549. The molecule has 0 bridgehead atoms. The van der Waals surface area contributed by atoms with Gasteiger partial charge in [-0.25, -0.2) is 0 Å². The van der Waals surface area contributed by atoms with E-state index in [1.165, 1.54) is 6.07 Å². The van der Waals surface area contributed by atoms with Gasteiger partial charge in [0, 0.05) is 6.54 Å². The van der Waals surface area contributed by atoms with Crippen LogP contribution in [0, 0.1) is 0 Å². The summed E-state index contributed by atoms with van der Waals surface area (Å²) in [5.74, 6) is -0.332. The van der Waals surface area contributed by atoms with Gasteiger partial charge in [0.25, 0.3) is 10.1 Å². The van der Waals surface area contributed by atoms with Crippen molar-refractivity contribution in [2.24, 2.45) is 5.73 Å². The van der Waals surface area contributed by atoms with E-state index < -0.39 is 16.2 Å². The summed E-state index contributed by atoms with van der Waals surface area (Å²) in [6, 6.07) is 4.45. The standard InChI is InChI=1S/C10H14O3S.C7H16N2O2/c1-3-8-6-5-7-10(9(8)4-2)14(11,12)13;1-4-11-7(10)6(8)5-9(2)3/h5-7H,3-4H2,1-2H3,(H,11,12,13);6H,4-5,8H2,1-3H3. The van der Waals surface area contributed by atoms with E-state index in [1.807, 2.05) is 38.9 Å². The minimum Gasteiger partial charge on any atom is -0.465 e. The van der Waals surface area contributed by atoms with E-state index in [1.54, 1.807) is 13.0 Å². The third-order valence-electron chi connectivity index (χ3n) is 3.39. The molecule has 3 N–H and O–H groups in total. The Kier molecular flexibility index (Phi) is 10.5. The van der Waals surface area contributed by atoms with Crippen LogP contribution in [-0.4, -0.2) is 57.1 Å². The van der Waals surface area contributed by atoms with Gasteiger partial charge in [-0.1, -0.05) is 26.0 Å². The maximum absolute atomic E-state index is 11.0. The molecule has 7 nitrogen and oxygen atoms in total. The normalized spacial score (nSPS) is 12.3. The summed E-state index contributed by atoms with van der Waals surface area (Å²) >= 11 is 0. The largest absolute Gasteiger partial charge is 0.465 e. The topological polar surface area (TPSA) is 110 Å². The zero-order chi connectivity index (χ0) is 19.6. The molecular weight excluding hydrogens is 344 g/mol. The first-order chi connectivity index (χ1) is 11.6. The molecule has 0 heterocycles. The zero-order valence-electron chi connectivity index (χ0n) is 15.7. The molecule has 8 heteroatoms. The van der Waals surface area contributed by atoms with Crippen LogP contribution in [0.25, 0.3) is 0 Å². The van der Waals surface area contributed by atoms with E-state index in [-0.39, 0.29) is 10.9 Å². The lowest BCUT2D eigenvalue weighted by atomic mass is 10.0. The maximum Gasteiger partial charge on any atom is 0.324 e. The minimum absolute atomic E-state index is 0.0411. The monoisotopic (exact) mass is 374 g/mol. The average molecular weight is 375 g/mol. The summed E-state index contributed by atoms with van der Waals surface area (Å²) in [4.78, 5) is 12.8. The number of aryl methyl sites for hydroxylation is 1. The fourth-order valence-electron chi connectivity index (χ4n) is 2.30. The van der Waals surface area contributed by atoms with E-state index in [4.69, 9.17) is 15.0 Å². The molecule has 0 spiro atoms. The van der Waals surface area contributed by atoms with Crippen molar-refractivity contribution in [1.82, 2.24) is 4.90 Å². The summed E-state index contributed by atoms with van der Waals surface area (Å²) in [6.45, 7) is 6.52. The van der Waals surface area contributed by atoms with Gasteiger partial charge in [0.1, 0.15) is 6.04 Å². The Bertz CT molecular complexity index is 644. The smallest absolute Gasteiger partial charge is 0.324 e. The van der Waals surface area contributed by atoms with Gasteiger partial charge in [0.15, 0.2) is 0 Å². The highest BCUT2D eigenvalue weighted by molar-refractivity contribution is 7.85. The van der Waals surface area contributed by atoms with Crippen LogP contribution in [0.1, 0.15) is 31.9 Å². The molecule has 25 heavy (non-hydrogen) atoms. The number of rotatable bonds is 7. The van der Waals surface area contributed by atoms with E-state index >= 15 is 0 Å². The molecule has 144 valence electrons. The van der Waals surface area contributed by atoms with Gasteiger partial charge in [-0.05, 0) is 51.1 Å². The lowest BCUT2D eigenvalue weighted by Crippen LogP contribution is -2.41. The Morgan fingerprint density at radius 2 is 1.84 bits per heavy atom. The molecule has 1 unspecified atom stereocenters. The number of benzene rings is 1. The SMILES string of the molecule is CCOC(=O)C(N)CN(C)C.CCc1cccc(S(=O)(=O)O)c1CC. The second-order valence-electron chi connectivity index (χ2n) is 5.70. The molecule has 0 aliphatic carbocycles. The van der Waals surface area contributed by atoms with Gasteiger partial charge >= 0.3 is 5.97 Å². The average Bonchev–Trinajstić information content (AvgIpc) is 2.53. The number of carbonyl (C=O) groups excluding carboxylic acids is 1. The van der Waals surface area contributed by atoms with Crippen molar-refractivity contribution in [2.75, 3.05) is 27.2 Å². The Labute approximate surface area is 150 Å². The Morgan fingerprint density at radius 1 is 1.24 bits per heavy atom. The van der Waals surface area contributed by atoms with Crippen LogP contribution in [0.4, 0.5) is 0 Å². The minimum atomic E-state index is -4.08. The van der Waals surface area contributed by atoms with Crippen LogP contribution < -0.4 is 5.73 Å². The molecule has 0 aromatic heterocycles. The molecular formula is C17H30N2O5S. The lowest BCUT2D eigenvalue weighted by Gasteiger charge is -2.14. The first-order valence-corrected chi connectivity index (χ1v) is 9.67. The van der Waals surface area contributed by atoms with Crippen LogP contribution in [0.15, 0.2) is 23.1 Å². The molecule has 1 rings (SSSR count). The number of hydrogen-bond acceptors (Lipinski definition) is 6. The van der Waals surface area contributed by atoms with Crippen molar-refractivity contribution in [3.8, 4) is 0 Å². The number of nitrogens with zero attached hydrogens (tertiary/aromatic N) is 1. The van der Waals surface area contributed by atoms with Gasteiger partial charge in [-0.2, -0.15) is 8.42 Å². The molecule has 0 radical (unpaired) electrons. The number of hydrogen-bond donors (Lipinski definition) is 2. The molecule has 1 aromatic rings. The number of carbonyl (C=O) groups is 1. The number of ether oxygens (including phenoxy) is 1. The molecule has 0 aliphatic heterocycles. The first-order valence-electron chi connectivity index (χ1n) is 8.23. The summed E-state index contributed by atoms with van der Waals surface area (Å²) in [7, 11) is -0.358. The first kappa shape index (κ1) is 23.5. The zero-order valence-corrected chi connectivity index (χ0v) is 16.5. The van der Waals surface area contributed by atoms with Crippen LogP contribution in [0.2, 0.25) is 0 Å². The fraction of sp³-hybridized carbons (Fsp3) is 0.588. The number of esters is 1. The summed E-state index contributed by atoms with van der Waals surface area (Å²) in [5.41, 5.74) is 7.18. The molecule has 0 fully saturated rings. The van der Waals surface area contributed by atoms with Gasteiger partial charge in [0.05, 0.1) is 11.5 Å². The second-order valence-corrected chi connectivity index (χ2v) is 7.09. The van der Waals surface area contributed by atoms with E-state index in [2.05, 4.69) is 0 Å². The Hall–Kier alpha value is -1.48. The van der Waals surface area contributed by atoms with Crippen molar-refractivity contribution >= 4 is 16.1 Å². The molecule has 0 amide bonds. The van der Waals surface area contributed by atoms with Gasteiger partial charge < -0.3 is 15.4 Å². The second kappa shape index (κ2) is 11.2. The van der Waals surface area contributed by atoms with Gasteiger partial charge in [-0.15, -0.1) is 0 Å². The number of nitrogens with two attached hydrogens (primary N) is 1. The van der Waals surface area contributed by atoms with Crippen LogP contribution in [0.5, 0.6) is 0 Å². The third kappa shape index (κ3) is 8.44. The van der Waals surface area contributed by atoms with Crippen molar-refractivity contribution < 1.29 is 22.5 Å². The molecule has 0 aliphatic rings. The summed E-state index contributed by atoms with van der Waals surface area (Å²) < 4.78 is 35.8. The highest BCUT2D eigenvalue weighted by atomic mass is 32.2. The highest BCUT2D eigenvalue weighted by Crippen LogP contribution is 2.20.